The normalized spacial score (nSPS) is 22.4. The van der Waals surface area contributed by atoms with Gasteiger partial charge in [0.25, 0.3) is 5.91 Å². The van der Waals surface area contributed by atoms with Crippen molar-refractivity contribution < 1.29 is 14.3 Å². The van der Waals surface area contributed by atoms with Crippen LogP contribution in [0.1, 0.15) is 26.7 Å². The number of hydrogen-bond donors (Lipinski definition) is 1. The van der Waals surface area contributed by atoms with E-state index in [4.69, 9.17) is 19.6 Å². The summed E-state index contributed by atoms with van der Waals surface area (Å²) < 4.78 is 12.7. The number of ether oxygens (including phenoxy) is 2. The lowest BCUT2D eigenvalue weighted by Crippen LogP contribution is -2.48. The Kier molecular flexibility index (Phi) is 5.56. The van der Waals surface area contributed by atoms with E-state index in [9.17, 15) is 4.79 Å². The number of carbonyl (C=O) groups is 1. The van der Waals surface area contributed by atoms with Crippen molar-refractivity contribution in [3.05, 3.63) is 64.3 Å². The maximum absolute atomic E-state index is 11.9. The zero-order chi connectivity index (χ0) is 24.9. The quantitative estimate of drug-likeness (QED) is 0.462. The number of methoxy groups -OCH3 is 1. The third-order valence-corrected chi connectivity index (χ3v) is 8.54. The zero-order valence-electron chi connectivity index (χ0n) is 20.5. The van der Waals surface area contributed by atoms with Gasteiger partial charge in [-0.15, -0.1) is 11.3 Å². The highest BCUT2D eigenvalue weighted by molar-refractivity contribution is 7.07. The maximum atomic E-state index is 11.9. The van der Waals surface area contributed by atoms with E-state index in [2.05, 4.69) is 25.2 Å². The molecule has 184 valence electrons. The maximum Gasteiger partial charge on any atom is 0.262 e. The molecular formula is C28H28N4O3S. The van der Waals surface area contributed by atoms with Crippen LogP contribution in [0.2, 0.25) is 0 Å². The molecule has 1 fully saturated rings. The van der Waals surface area contributed by atoms with Crippen LogP contribution < -0.4 is 19.6 Å². The highest BCUT2D eigenvalue weighted by Crippen LogP contribution is 2.58. The number of thiazole rings is 1. The fourth-order valence-electron chi connectivity index (χ4n) is 5.37. The molecule has 0 spiro atoms. The molecule has 1 saturated carbocycles. The molecule has 4 aliphatic rings. The summed E-state index contributed by atoms with van der Waals surface area (Å²) in [4.78, 5) is 17.5. The molecule has 1 N–H and O–H groups in total. The molecule has 7 nitrogen and oxygen atoms in total. The summed E-state index contributed by atoms with van der Waals surface area (Å²) in [5.41, 5.74) is 4.92. The van der Waals surface area contributed by atoms with Crippen LogP contribution in [0.25, 0.3) is 11.3 Å². The van der Waals surface area contributed by atoms with Crippen molar-refractivity contribution in [2.45, 2.75) is 26.7 Å². The first-order valence-electron chi connectivity index (χ1n) is 12.1. The van der Waals surface area contributed by atoms with Gasteiger partial charge in [0.2, 0.25) is 4.80 Å². The predicted octanol–water partition coefficient (Wildman–Crippen LogP) is 5.61. The Bertz CT molecular complexity index is 1460. The molecule has 3 aromatic rings. The Hall–Kier alpha value is -3.65. The average molecular weight is 501 g/mol. The number of benzene rings is 2. The van der Waals surface area contributed by atoms with Gasteiger partial charge in [0.15, 0.2) is 6.61 Å². The Balaban J connectivity index is 1.42. The van der Waals surface area contributed by atoms with Crippen molar-refractivity contribution in [3.8, 4) is 22.8 Å². The van der Waals surface area contributed by atoms with E-state index in [1.807, 2.05) is 58.7 Å². The number of aromatic nitrogens is 1. The fraction of sp³-hybridized carbons (Fsp3) is 0.321. The zero-order valence-corrected chi connectivity index (χ0v) is 21.3. The van der Waals surface area contributed by atoms with Gasteiger partial charge in [-0.05, 0) is 78.1 Å². The molecule has 2 heterocycles. The first kappa shape index (κ1) is 22.8. The number of nitrogens with one attached hydrogen (secondary N) is 1. The van der Waals surface area contributed by atoms with Crippen LogP contribution in [-0.2, 0) is 4.79 Å². The molecule has 3 aliphatic carbocycles. The van der Waals surface area contributed by atoms with Gasteiger partial charge in [-0.2, -0.15) is 5.10 Å². The van der Waals surface area contributed by atoms with E-state index >= 15 is 0 Å². The first-order valence-corrected chi connectivity index (χ1v) is 13.0. The Labute approximate surface area is 213 Å². The fourth-order valence-corrected chi connectivity index (χ4v) is 6.22. The van der Waals surface area contributed by atoms with Crippen LogP contribution >= 0.6 is 11.3 Å². The van der Waals surface area contributed by atoms with Gasteiger partial charge in [-0.1, -0.05) is 19.9 Å². The lowest BCUT2D eigenvalue weighted by atomic mass is 9.49. The van der Waals surface area contributed by atoms with Crippen LogP contribution in [0.5, 0.6) is 11.5 Å². The molecule has 0 radical (unpaired) electrons. The highest BCUT2D eigenvalue weighted by atomic mass is 32.1. The monoisotopic (exact) mass is 500 g/mol. The number of amides is 1. The first-order chi connectivity index (χ1) is 17.4. The van der Waals surface area contributed by atoms with Crippen LogP contribution in [0.3, 0.4) is 0 Å². The molecule has 2 atom stereocenters. The third-order valence-electron chi connectivity index (χ3n) is 7.72. The van der Waals surface area contributed by atoms with Crippen LogP contribution in [0.4, 0.5) is 11.4 Å². The van der Waals surface area contributed by atoms with E-state index in [0.29, 0.717) is 22.8 Å². The van der Waals surface area contributed by atoms with Crippen LogP contribution in [0.15, 0.2) is 69.6 Å². The minimum Gasteiger partial charge on any atom is -0.497 e. The van der Waals surface area contributed by atoms with Gasteiger partial charge in [0, 0.05) is 10.9 Å². The number of hydrogen-bond acceptors (Lipinski definition) is 6. The summed E-state index contributed by atoms with van der Waals surface area (Å²) in [7, 11) is 1.65. The van der Waals surface area contributed by atoms with Gasteiger partial charge < -0.3 is 14.8 Å². The van der Waals surface area contributed by atoms with Crippen molar-refractivity contribution in [2.75, 3.05) is 19.0 Å². The SMILES string of the molecule is COc1ccc(N=c2scc(-c3ccc4c(c3)NC(=O)CO4)n2N=CC2=CCC3CC2C3(C)C)cc1. The van der Waals surface area contributed by atoms with Crippen LogP contribution in [-0.4, -0.2) is 30.5 Å². The highest BCUT2D eigenvalue weighted by Gasteiger charge is 2.50. The summed E-state index contributed by atoms with van der Waals surface area (Å²) in [5, 5.41) is 9.91. The number of anilines is 1. The molecule has 0 saturated heterocycles. The van der Waals surface area contributed by atoms with Gasteiger partial charge in [0.1, 0.15) is 11.5 Å². The number of allylic oxidation sites excluding steroid dienone is 2. The summed E-state index contributed by atoms with van der Waals surface area (Å²) in [5.74, 6) is 2.62. The second-order valence-corrected chi connectivity index (χ2v) is 10.9. The topological polar surface area (TPSA) is 77.2 Å². The summed E-state index contributed by atoms with van der Waals surface area (Å²) >= 11 is 1.52. The molecule has 7 rings (SSSR count). The van der Waals surface area contributed by atoms with Crippen molar-refractivity contribution in [3.63, 3.8) is 0 Å². The molecule has 36 heavy (non-hydrogen) atoms. The van der Waals surface area contributed by atoms with E-state index in [0.717, 1.165) is 39.8 Å². The number of carbonyl (C=O) groups excluding carboxylic acids is 1. The van der Waals surface area contributed by atoms with E-state index in [1.54, 1.807) is 7.11 Å². The molecule has 8 heteroatoms. The Morgan fingerprint density at radius 1 is 1.22 bits per heavy atom. The molecule has 2 unspecified atom stereocenters. The molecule has 2 aromatic carbocycles. The molecule has 1 aromatic heterocycles. The van der Waals surface area contributed by atoms with E-state index in [-0.39, 0.29) is 12.5 Å². The summed E-state index contributed by atoms with van der Waals surface area (Å²) in [6.45, 7) is 4.76. The van der Waals surface area contributed by atoms with Gasteiger partial charge >= 0.3 is 0 Å². The third kappa shape index (κ3) is 3.95. The molecule has 1 amide bonds. The standard InChI is InChI=1S/C28H28N4O3S/c1-28(2)19-6-4-18(22(28)13-19)14-29-32-24(17-5-11-25-23(12-17)31-26(33)15-35-25)16-36-27(32)30-20-7-9-21(34-3)10-8-20/h4-5,7-12,14,16,19,22H,6,13,15H2,1-3H3,(H,31,33). The minimum atomic E-state index is -0.156. The number of rotatable bonds is 5. The van der Waals surface area contributed by atoms with Gasteiger partial charge in [-0.25, -0.2) is 9.67 Å². The minimum absolute atomic E-state index is 0.0352. The average Bonchev–Trinajstić information content (AvgIpc) is 3.29. The lowest BCUT2D eigenvalue weighted by molar-refractivity contribution is -0.118. The van der Waals surface area contributed by atoms with Crippen molar-refractivity contribution in [2.24, 2.45) is 27.3 Å². The largest absolute Gasteiger partial charge is 0.497 e. The second kappa shape index (κ2) is 8.78. The molecule has 1 aliphatic heterocycles. The lowest BCUT2D eigenvalue weighted by Gasteiger charge is -2.55. The smallest absolute Gasteiger partial charge is 0.262 e. The summed E-state index contributed by atoms with van der Waals surface area (Å²) in [6.07, 6.45) is 6.69. The van der Waals surface area contributed by atoms with E-state index in [1.165, 1.54) is 23.3 Å². The molecular weight excluding hydrogens is 472 g/mol. The van der Waals surface area contributed by atoms with Gasteiger partial charge in [0.05, 0.1) is 30.4 Å². The van der Waals surface area contributed by atoms with Crippen molar-refractivity contribution in [1.82, 2.24) is 4.68 Å². The van der Waals surface area contributed by atoms with Crippen molar-refractivity contribution >= 4 is 34.8 Å². The Morgan fingerprint density at radius 2 is 2.06 bits per heavy atom. The second-order valence-electron chi connectivity index (χ2n) is 10.1. The number of nitrogens with zero attached hydrogens (tertiary/aromatic N) is 3. The van der Waals surface area contributed by atoms with Crippen LogP contribution in [0, 0.1) is 17.3 Å². The predicted molar refractivity (Wildman–Crippen MR) is 142 cm³/mol. The van der Waals surface area contributed by atoms with Crippen molar-refractivity contribution in [1.29, 1.82) is 0 Å². The molecule has 2 bridgehead atoms. The summed E-state index contributed by atoms with van der Waals surface area (Å²) in [6, 6.07) is 13.5. The van der Waals surface area contributed by atoms with E-state index < -0.39 is 0 Å². The number of fused-ring (bicyclic) bond motifs is 2. The Morgan fingerprint density at radius 3 is 2.81 bits per heavy atom. The van der Waals surface area contributed by atoms with Gasteiger partial charge in [-0.3, -0.25) is 4.79 Å².